The molecule has 0 aliphatic carbocycles. The van der Waals surface area contributed by atoms with Crippen LogP contribution in [-0.2, 0) is 11.2 Å². The van der Waals surface area contributed by atoms with Crippen molar-refractivity contribution in [3.05, 3.63) is 29.3 Å². The third kappa shape index (κ3) is 2.73. The van der Waals surface area contributed by atoms with Gasteiger partial charge in [0.1, 0.15) is 5.75 Å². The lowest BCUT2D eigenvalue weighted by Gasteiger charge is -2.27. The van der Waals surface area contributed by atoms with Gasteiger partial charge in [-0.25, -0.2) is 0 Å². The van der Waals surface area contributed by atoms with E-state index in [4.69, 9.17) is 4.74 Å². The Bertz CT molecular complexity index is 477. The van der Waals surface area contributed by atoms with Crippen molar-refractivity contribution in [3.8, 4) is 5.75 Å². The Balaban J connectivity index is 1.63. The first-order valence-corrected chi connectivity index (χ1v) is 7.01. The van der Waals surface area contributed by atoms with Crippen LogP contribution in [0.1, 0.15) is 36.9 Å². The van der Waals surface area contributed by atoms with Gasteiger partial charge in [0.2, 0.25) is 5.91 Å². The van der Waals surface area contributed by atoms with Gasteiger partial charge >= 0.3 is 0 Å². The molecule has 1 aromatic rings. The second-order valence-corrected chi connectivity index (χ2v) is 5.39. The van der Waals surface area contributed by atoms with Crippen LogP contribution in [0, 0.1) is 0 Å². The van der Waals surface area contributed by atoms with Crippen LogP contribution in [0.2, 0.25) is 0 Å². The predicted octanol–water partition coefficient (Wildman–Crippen LogP) is 1.55. The minimum atomic E-state index is 0.167. The normalized spacial score (nSPS) is 23.4. The highest BCUT2D eigenvalue weighted by Gasteiger charge is 2.20. The fourth-order valence-electron chi connectivity index (χ4n) is 2.80. The number of fused-ring (bicyclic) bond motifs is 1. The molecule has 1 saturated heterocycles. The SMILES string of the molecule is CC(NC1CCC(=O)NC1)c1ccc2c(c1)CCO2. The lowest BCUT2D eigenvalue weighted by atomic mass is 10.0. The second-order valence-electron chi connectivity index (χ2n) is 5.39. The van der Waals surface area contributed by atoms with E-state index in [1.54, 1.807) is 0 Å². The largest absolute Gasteiger partial charge is 0.493 e. The monoisotopic (exact) mass is 260 g/mol. The molecule has 102 valence electrons. The van der Waals surface area contributed by atoms with E-state index in [1.807, 2.05) is 0 Å². The molecule has 0 aromatic heterocycles. The molecular weight excluding hydrogens is 240 g/mol. The van der Waals surface area contributed by atoms with E-state index < -0.39 is 0 Å². The molecule has 3 rings (SSSR count). The fraction of sp³-hybridized carbons (Fsp3) is 0.533. The molecule has 2 aliphatic rings. The van der Waals surface area contributed by atoms with Crippen LogP contribution < -0.4 is 15.4 Å². The summed E-state index contributed by atoms with van der Waals surface area (Å²) in [5.74, 6) is 1.20. The molecule has 2 atom stereocenters. The summed E-state index contributed by atoms with van der Waals surface area (Å²) < 4.78 is 5.53. The molecule has 0 radical (unpaired) electrons. The van der Waals surface area contributed by atoms with Gasteiger partial charge in [0.05, 0.1) is 6.61 Å². The zero-order valence-electron chi connectivity index (χ0n) is 11.2. The first kappa shape index (κ1) is 12.5. The van der Waals surface area contributed by atoms with E-state index in [-0.39, 0.29) is 5.91 Å². The van der Waals surface area contributed by atoms with Gasteiger partial charge in [0.15, 0.2) is 0 Å². The molecule has 0 saturated carbocycles. The summed E-state index contributed by atoms with van der Waals surface area (Å²) >= 11 is 0. The van der Waals surface area contributed by atoms with Gasteiger partial charge < -0.3 is 15.4 Å². The lowest BCUT2D eigenvalue weighted by molar-refractivity contribution is -0.122. The third-order valence-corrected chi connectivity index (χ3v) is 3.96. The molecule has 1 aromatic carbocycles. The highest BCUT2D eigenvalue weighted by molar-refractivity contribution is 5.76. The van der Waals surface area contributed by atoms with Gasteiger partial charge in [-0.1, -0.05) is 12.1 Å². The van der Waals surface area contributed by atoms with Gasteiger partial charge in [-0.15, -0.1) is 0 Å². The summed E-state index contributed by atoms with van der Waals surface area (Å²) in [7, 11) is 0. The van der Waals surface area contributed by atoms with Crippen LogP contribution in [-0.4, -0.2) is 25.1 Å². The number of rotatable bonds is 3. The Hall–Kier alpha value is -1.55. The number of ether oxygens (including phenoxy) is 1. The van der Waals surface area contributed by atoms with Gasteiger partial charge in [0.25, 0.3) is 0 Å². The first-order valence-electron chi connectivity index (χ1n) is 7.01. The Morgan fingerprint density at radius 2 is 2.32 bits per heavy atom. The van der Waals surface area contributed by atoms with Crippen molar-refractivity contribution in [3.63, 3.8) is 0 Å². The van der Waals surface area contributed by atoms with Crippen molar-refractivity contribution in [1.29, 1.82) is 0 Å². The number of nitrogens with one attached hydrogen (secondary N) is 2. The molecular formula is C15H20N2O2. The number of carbonyl (C=O) groups excluding carboxylic acids is 1. The summed E-state index contributed by atoms with van der Waals surface area (Å²) in [5, 5.41) is 6.50. The number of hydrogen-bond donors (Lipinski definition) is 2. The minimum Gasteiger partial charge on any atom is -0.493 e. The summed E-state index contributed by atoms with van der Waals surface area (Å²) in [6.45, 7) is 3.71. The van der Waals surface area contributed by atoms with E-state index in [2.05, 4.69) is 35.8 Å². The van der Waals surface area contributed by atoms with E-state index in [9.17, 15) is 4.79 Å². The van der Waals surface area contributed by atoms with Gasteiger partial charge in [0, 0.05) is 31.5 Å². The van der Waals surface area contributed by atoms with Crippen molar-refractivity contribution in [2.75, 3.05) is 13.2 Å². The van der Waals surface area contributed by atoms with Crippen LogP contribution in [0.3, 0.4) is 0 Å². The van der Waals surface area contributed by atoms with E-state index in [0.717, 1.165) is 31.7 Å². The number of benzene rings is 1. The third-order valence-electron chi connectivity index (χ3n) is 3.96. The molecule has 0 spiro atoms. The number of piperidine rings is 1. The number of carbonyl (C=O) groups is 1. The molecule has 2 N–H and O–H groups in total. The van der Waals surface area contributed by atoms with E-state index in [1.165, 1.54) is 11.1 Å². The molecule has 2 unspecified atom stereocenters. The van der Waals surface area contributed by atoms with Crippen molar-refractivity contribution < 1.29 is 9.53 Å². The van der Waals surface area contributed by atoms with Crippen LogP contribution >= 0.6 is 0 Å². The Morgan fingerprint density at radius 3 is 3.11 bits per heavy atom. The molecule has 1 amide bonds. The average Bonchev–Trinajstić information content (AvgIpc) is 2.88. The molecule has 1 fully saturated rings. The highest BCUT2D eigenvalue weighted by Crippen LogP contribution is 2.28. The fourth-order valence-corrected chi connectivity index (χ4v) is 2.80. The Labute approximate surface area is 113 Å². The molecule has 2 aliphatic heterocycles. The topological polar surface area (TPSA) is 50.4 Å². The Kier molecular flexibility index (Phi) is 3.42. The average molecular weight is 260 g/mol. The Morgan fingerprint density at radius 1 is 1.42 bits per heavy atom. The van der Waals surface area contributed by atoms with Gasteiger partial charge in [-0.2, -0.15) is 0 Å². The zero-order chi connectivity index (χ0) is 13.2. The summed E-state index contributed by atoms with van der Waals surface area (Å²) in [4.78, 5) is 11.1. The standard InChI is InChI=1S/C15H20N2O2/c1-10(17-13-3-5-15(18)16-9-13)11-2-4-14-12(8-11)6-7-19-14/h2,4,8,10,13,17H,3,5-7,9H2,1H3,(H,16,18). The van der Waals surface area contributed by atoms with Crippen LogP contribution in [0.25, 0.3) is 0 Å². The van der Waals surface area contributed by atoms with Crippen molar-refractivity contribution in [2.24, 2.45) is 0 Å². The van der Waals surface area contributed by atoms with Crippen molar-refractivity contribution >= 4 is 5.91 Å². The second kappa shape index (κ2) is 5.21. The number of amides is 1. The molecule has 4 nitrogen and oxygen atoms in total. The maximum Gasteiger partial charge on any atom is 0.220 e. The van der Waals surface area contributed by atoms with Crippen LogP contribution in [0.15, 0.2) is 18.2 Å². The number of hydrogen-bond acceptors (Lipinski definition) is 3. The lowest BCUT2D eigenvalue weighted by Crippen LogP contribution is -2.46. The summed E-state index contributed by atoms with van der Waals surface area (Å²) in [6, 6.07) is 7.10. The minimum absolute atomic E-state index is 0.167. The quantitative estimate of drug-likeness (QED) is 0.867. The van der Waals surface area contributed by atoms with Crippen LogP contribution in [0.5, 0.6) is 5.75 Å². The summed E-state index contributed by atoms with van der Waals surface area (Å²) in [5.41, 5.74) is 2.60. The zero-order valence-corrected chi connectivity index (χ0v) is 11.2. The van der Waals surface area contributed by atoms with E-state index >= 15 is 0 Å². The van der Waals surface area contributed by atoms with E-state index in [0.29, 0.717) is 18.5 Å². The van der Waals surface area contributed by atoms with Crippen molar-refractivity contribution in [1.82, 2.24) is 10.6 Å². The predicted molar refractivity (Wildman–Crippen MR) is 73.2 cm³/mol. The maximum absolute atomic E-state index is 11.1. The first-order chi connectivity index (χ1) is 9.22. The smallest absolute Gasteiger partial charge is 0.220 e. The van der Waals surface area contributed by atoms with Gasteiger partial charge in [-0.3, -0.25) is 4.79 Å². The molecule has 19 heavy (non-hydrogen) atoms. The summed E-state index contributed by atoms with van der Waals surface area (Å²) in [6.07, 6.45) is 2.56. The molecule has 2 heterocycles. The van der Waals surface area contributed by atoms with Crippen LogP contribution in [0.4, 0.5) is 0 Å². The molecule has 4 heteroatoms. The van der Waals surface area contributed by atoms with Gasteiger partial charge in [-0.05, 0) is 30.5 Å². The maximum atomic E-state index is 11.1. The molecule has 0 bridgehead atoms. The highest BCUT2D eigenvalue weighted by atomic mass is 16.5. The van der Waals surface area contributed by atoms with Crippen molar-refractivity contribution in [2.45, 2.75) is 38.3 Å².